The Morgan fingerprint density at radius 1 is 1.05 bits per heavy atom. The average Bonchev–Trinajstić information content (AvgIpc) is 2.97. The Hall–Kier alpha value is -3.70. The number of aliphatic imine (C=N–C) groups is 1. The molecule has 1 aromatic heterocycles. The van der Waals surface area contributed by atoms with E-state index in [4.69, 9.17) is 4.74 Å². The van der Waals surface area contributed by atoms with Gasteiger partial charge in [0, 0.05) is 51.7 Å². The highest BCUT2D eigenvalue weighted by atomic mass is 19.2. The van der Waals surface area contributed by atoms with Crippen LogP contribution in [-0.4, -0.2) is 70.9 Å². The molecule has 4 rings (SSSR count). The van der Waals surface area contributed by atoms with Crippen molar-refractivity contribution in [2.75, 3.05) is 33.4 Å². The molecule has 1 unspecified atom stereocenters. The fourth-order valence-electron chi connectivity index (χ4n) is 3.77. The van der Waals surface area contributed by atoms with Gasteiger partial charge in [-0.15, -0.1) is 4.90 Å². The molecule has 1 saturated heterocycles. The number of hydrogen-bond acceptors (Lipinski definition) is 6. The van der Waals surface area contributed by atoms with Gasteiger partial charge in [-0.1, -0.05) is 68.6 Å². The molecule has 0 radical (unpaired) electrons. The van der Waals surface area contributed by atoms with Crippen molar-refractivity contribution in [2.45, 2.75) is 40.3 Å². The normalized spacial score (nSPS) is 20.5. The quantitative estimate of drug-likeness (QED) is 0.628. The number of hydrogen-bond donors (Lipinski definition) is 2. The fraction of sp³-hybridized carbons (Fsp3) is 0.444. The number of carbonyl (C=O) groups is 2. The molecular weight excluding hydrogens is 489 g/mol. The van der Waals surface area contributed by atoms with Crippen LogP contribution in [0.1, 0.15) is 66.8 Å². The SMILES string of the molecule is CC.CC.CN1/C=C\C/C(NC(=O)c2c(C(=O)N3CCOCC3)n(F)n2C)=C\C=N\C(c2ccccc2)N1. The maximum atomic E-state index is 14.4. The lowest BCUT2D eigenvalue weighted by molar-refractivity contribution is 0.0264. The molecule has 2 amide bonds. The third kappa shape index (κ3) is 7.65. The summed E-state index contributed by atoms with van der Waals surface area (Å²) in [6.07, 6.45) is 7.11. The first-order chi connectivity index (χ1) is 18.5. The zero-order valence-electron chi connectivity index (χ0n) is 23.1. The van der Waals surface area contributed by atoms with E-state index in [0.29, 0.717) is 38.4 Å². The molecule has 2 N–H and O–H groups in total. The van der Waals surface area contributed by atoms with E-state index in [1.165, 1.54) is 11.9 Å². The molecule has 2 aliphatic heterocycles. The van der Waals surface area contributed by atoms with Gasteiger partial charge in [0.05, 0.1) is 13.2 Å². The van der Waals surface area contributed by atoms with Crippen molar-refractivity contribution in [2.24, 2.45) is 12.0 Å². The summed E-state index contributed by atoms with van der Waals surface area (Å²) < 4.78 is 20.7. The molecular formula is C27H40FN7O3. The Labute approximate surface area is 224 Å². The monoisotopic (exact) mass is 529 g/mol. The van der Waals surface area contributed by atoms with Gasteiger partial charge in [-0.25, -0.2) is 5.43 Å². The Kier molecular flexibility index (Phi) is 12.5. The minimum Gasteiger partial charge on any atom is -0.378 e. The highest BCUT2D eigenvalue weighted by Gasteiger charge is 2.34. The highest BCUT2D eigenvalue weighted by molar-refractivity contribution is 6.06. The van der Waals surface area contributed by atoms with Crippen LogP contribution < -0.4 is 10.7 Å². The number of nitrogens with zero attached hydrogens (tertiary/aromatic N) is 5. The molecule has 1 aromatic carbocycles. The van der Waals surface area contributed by atoms with Crippen LogP contribution in [0.5, 0.6) is 0 Å². The highest BCUT2D eigenvalue weighted by Crippen LogP contribution is 2.19. The molecule has 1 fully saturated rings. The second-order valence-corrected chi connectivity index (χ2v) is 7.97. The second-order valence-electron chi connectivity index (χ2n) is 7.97. The van der Waals surface area contributed by atoms with Crippen molar-refractivity contribution in [3.63, 3.8) is 0 Å². The first kappa shape index (κ1) is 30.5. The molecule has 208 valence electrons. The smallest absolute Gasteiger partial charge is 0.277 e. The third-order valence-corrected chi connectivity index (χ3v) is 5.60. The lowest BCUT2D eigenvalue weighted by Crippen LogP contribution is -2.46. The van der Waals surface area contributed by atoms with Gasteiger partial charge in [-0.2, -0.15) is 0 Å². The lowest BCUT2D eigenvalue weighted by Gasteiger charge is -2.30. The predicted molar refractivity (Wildman–Crippen MR) is 147 cm³/mol. The number of hydrazine groups is 1. The summed E-state index contributed by atoms with van der Waals surface area (Å²) in [5.74, 6) is -1.10. The van der Waals surface area contributed by atoms with Crippen molar-refractivity contribution < 1.29 is 18.8 Å². The number of nitrogens with one attached hydrogen (secondary N) is 2. The van der Waals surface area contributed by atoms with E-state index in [2.05, 4.69) is 15.7 Å². The fourth-order valence-corrected chi connectivity index (χ4v) is 3.77. The summed E-state index contributed by atoms with van der Waals surface area (Å²) in [7, 11) is 3.25. The van der Waals surface area contributed by atoms with Crippen LogP contribution in [0, 0.1) is 0 Å². The predicted octanol–water partition coefficient (Wildman–Crippen LogP) is 3.82. The molecule has 0 aliphatic carbocycles. The Balaban J connectivity index is 0.00000121. The molecule has 1 atom stereocenters. The van der Waals surface area contributed by atoms with E-state index in [1.807, 2.05) is 77.4 Å². The molecule has 0 saturated carbocycles. The number of aromatic nitrogens is 2. The Morgan fingerprint density at radius 3 is 2.37 bits per heavy atom. The average molecular weight is 530 g/mol. The standard InChI is InChI=1S/C23H28FN7O3.2C2H6/c1-28-12-6-9-18(10-11-25-21(27-28)17-7-4-3-5-8-17)26-22(32)19-20(31(24)29(19)2)23(33)30-13-15-34-16-14-30;2*1-2/h3-8,10-12,21,27H,9,13-16H2,1-2H3,(H,26,32);2*1-2H3/b12-6-,18-10+,25-11+;;. The van der Waals surface area contributed by atoms with Crippen LogP contribution in [0.4, 0.5) is 4.48 Å². The van der Waals surface area contributed by atoms with Crippen LogP contribution in [0.3, 0.4) is 0 Å². The van der Waals surface area contributed by atoms with Crippen LogP contribution in [0.25, 0.3) is 0 Å². The molecule has 0 bridgehead atoms. The van der Waals surface area contributed by atoms with Crippen LogP contribution in [0.2, 0.25) is 0 Å². The van der Waals surface area contributed by atoms with Gasteiger partial charge in [0.15, 0.2) is 11.4 Å². The van der Waals surface area contributed by atoms with Crippen molar-refractivity contribution in [3.05, 3.63) is 71.3 Å². The second kappa shape index (κ2) is 15.5. The Bertz CT molecular complexity index is 1120. The topological polar surface area (TPSA) is 96.1 Å². The minimum atomic E-state index is -0.566. The summed E-state index contributed by atoms with van der Waals surface area (Å²) in [6.45, 7) is 9.47. The van der Waals surface area contributed by atoms with E-state index in [9.17, 15) is 14.1 Å². The number of allylic oxidation sites excluding steroid dienone is 2. The lowest BCUT2D eigenvalue weighted by atomic mass is 10.2. The zero-order chi connectivity index (χ0) is 28.1. The molecule has 2 aliphatic rings. The summed E-state index contributed by atoms with van der Waals surface area (Å²) in [5, 5.41) is 4.59. The third-order valence-electron chi connectivity index (χ3n) is 5.60. The zero-order valence-corrected chi connectivity index (χ0v) is 23.1. The number of amides is 2. The van der Waals surface area contributed by atoms with E-state index in [0.717, 1.165) is 10.2 Å². The van der Waals surface area contributed by atoms with E-state index < -0.39 is 11.8 Å². The summed E-state index contributed by atoms with van der Waals surface area (Å²) in [6, 6.07) is 9.76. The van der Waals surface area contributed by atoms with Crippen LogP contribution in [-0.2, 0) is 11.8 Å². The number of rotatable bonds is 4. The molecule has 3 heterocycles. The van der Waals surface area contributed by atoms with Crippen molar-refractivity contribution in [3.8, 4) is 0 Å². The molecule has 10 nitrogen and oxygen atoms in total. The summed E-state index contributed by atoms with van der Waals surface area (Å²) in [4.78, 5) is 32.1. The minimum absolute atomic E-state index is 0.0288. The van der Waals surface area contributed by atoms with Gasteiger partial charge in [0.1, 0.15) is 6.17 Å². The van der Waals surface area contributed by atoms with E-state index >= 15 is 0 Å². The summed E-state index contributed by atoms with van der Waals surface area (Å²) >= 11 is 0. The molecule has 38 heavy (non-hydrogen) atoms. The largest absolute Gasteiger partial charge is 0.378 e. The van der Waals surface area contributed by atoms with Gasteiger partial charge >= 0.3 is 0 Å². The number of morpholine rings is 1. The first-order valence-electron chi connectivity index (χ1n) is 13.0. The van der Waals surface area contributed by atoms with E-state index in [-0.39, 0.29) is 22.5 Å². The number of carbonyl (C=O) groups excluding carboxylic acids is 2. The molecule has 0 spiro atoms. The number of benzene rings is 1. The van der Waals surface area contributed by atoms with Gasteiger partial charge in [0.2, 0.25) is 0 Å². The van der Waals surface area contributed by atoms with Gasteiger partial charge < -0.3 is 20.0 Å². The van der Waals surface area contributed by atoms with Gasteiger partial charge in [0.25, 0.3) is 11.8 Å². The maximum Gasteiger partial charge on any atom is 0.277 e. The van der Waals surface area contributed by atoms with Gasteiger partial charge in [-0.3, -0.25) is 19.3 Å². The van der Waals surface area contributed by atoms with Crippen LogP contribution >= 0.6 is 0 Å². The van der Waals surface area contributed by atoms with Crippen LogP contribution in [0.15, 0.2) is 59.4 Å². The number of halogens is 1. The van der Waals surface area contributed by atoms with Crippen molar-refractivity contribution in [1.82, 2.24) is 30.2 Å². The Morgan fingerprint density at radius 2 is 1.71 bits per heavy atom. The summed E-state index contributed by atoms with van der Waals surface area (Å²) in [5.41, 5.74) is 4.51. The maximum absolute atomic E-state index is 14.4. The molecule has 11 heteroatoms. The molecule has 2 aromatic rings. The van der Waals surface area contributed by atoms with Crippen molar-refractivity contribution >= 4 is 18.0 Å². The first-order valence-corrected chi connectivity index (χ1v) is 13.0. The van der Waals surface area contributed by atoms with Gasteiger partial charge in [-0.05, 0) is 11.6 Å². The number of ether oxygens (including phenoxy) is 1. The van der Waals surface area contributed by atoms with Crippen molar-refractivity contribution in [1.29, 1.82) is 0 Å². The van der Waals surface area contributed by atoms with E-state index in [1.54, 1.807) is 17.3 Å².